The van der Waals surface area contributed by atoms with Gasteiger partial charge in [-0.05, 0) is 38.1 Å². The fraction of sp³-hybridized carbons (Fsp3) is 0.300. The van der Waals surface area contributed by atoms with E-state index in [-0.39, 0.29) is 11.6 Å². The zero-order chi connectivity index (χ0) is 20.5. The van der Waals surface area contributed by atoms with Crippen molar-refractivity contribution in [2.24, 2.45) is 20.7 Å². The lowest BCUT2D eigenvalue weighted by Gasteiger charge is -2.16. The molecule has 146 valence electrons. The SMILES string of the molecule is CC(=O)c1ccccc1N=NN(C)CCN(C)N=Nc1ccccc1C(C)=O. The summed E-state index contributed by atoms with van der Waals surface area (Å²) < 4.78 is 0. The lowest BCUT2D eigenvalue weighted by atomic mass is 10.1. The van der Waals surface area contributed by atoms with Crippen LogP contribution < -0.4 is 0 Å². The number of hydrogen-bond donors (Lipinski definition) is 0. The number of carbonyl (C=O) groups excluding carboxylic acids is 2. The van der Waals surface area contributed by atoms with E-state index in [0.717, 1.165) is 0 Å². The normalized spacial score (nSPS) is 11.1. The summed E-state index contributed by atoms with van der Waals surface area (Å²) in [5.41, 5.74) is 2.15. The Kier molecular flexibility index (Phi) is 7.50. The molecule has 0 heterocycles. The summed E-state index contributed by atoms with van der Waals surface area (Å²) in [6, 6.07) is 14.2. The molecular formula is C20H24N6O2. The van der Waals surface area contributed by atoms with Gasteiger partial charge in [-0.25, -0.2) is 0 Å². The summed E-state index contributed by atoms with van der Waals surface area (Å²) in [7, 11) is 3.58. The Morgan fingerprint density at radius 1 is 0.714 bits per heavy atom. The third-order valence-corrected chi connectivity index (χ3v) is 3.92. The van der Waals surface area contributed by atoms with Crippen molar-refractivity contribution in [2.75, 3.05) is 27.2 Å². The van der Waals surface area contributed by atoms with Crippen LogP contribution in [0.25, 0.3) is 0 Å². The molecule has 2 rings (SSSR count). The average molecular weight is 380 g/mol. The Morgan fingerprint density at radius 2 is 1.07 bits per heavy atom. The van der Waals surface area contributed by atoms with Crippen LogP contribution in [0.1, 0.15) is 34.6 Å². The first kappa shape index (κ1) is 20.9. The van der Waals surface area contributed by atoms with Crippen molar-refractivity contribution in [2.45, 2.75) is 13.8 Å². The Bertz CT molecular complexity index is 820. The zero-order valence-electron chi connectivity index (χ0n) is 16.5. The molecular weight excluding hydrogens is 356 g/mol. The minimum absolute atomic E-state index is 0.0526. The molecule has 0 fully saturated rings. The predicted octanol–water partition coefficient (Wildman–Crippen LogP) is 4.65. The van der Waals surface area contributed by atoms with Crippen molar-refractivity contribution < 1.29 is 9.59 Å². The van der Waals surface area contributed by atoms with E-state index in [0.29, 0.717) is 35.6 Å². The van der Waals surface area contributed by atoms with Gasteiger partial charge < -0.3 is 0 Å². The first-order valence-electron chi connectivity index (χ1n) is 8.84. The van der Waals surface area contributed by atoms with Crippen molar-refractivity contribution >= 4 is 22.9 Å². The molecule has 0 atom stereocenters. The smallest absolute Gasteiger partial charge is 0.162 e. The van der Waals surface area contributed by atoms with Gasteiger partial charge in [0.05, 0.1) is 24.5 Å². The van der Waals surface area contributed by atoms with Crippen LogP contribution in [0.15, 0.2) is 69.2 Å². The van der Waals surface area contributed by atoms with Gasteiger partial charge in [-0.15, -0.1) is 10.2 Å². The van der Waals surface area contributed by atoms with Crippen molar-refractivity contribution in [3.8, 4) is 0 Å². The standard InChI is InChI=1S/C20H24N6O2/c1-15(27)17-9-5-7-11-19(17)21-23-25(3)13-14-26(4)24-22-20-12-8-6-10-18(20)16(2)28/h5-12H,13-14H2,1-4H3. The molecule has 0 bridgehead atoms. The molecule has 0 aliphatic carbocycles. The third-order valence-electron chi connectivity index (χ3n) is 3.92. The second kappa shape index (κ2) is 10.1. The highest BCUT2D eigenvalue weighted by atomic mass is 16.1. The maximum Gasteiger partial charge on any atom is 0.162 e. The van der Waals surface area contributed by atoms with Crippen molar-refractivity contribution in [3.63, 3.8) is 0 Å². The van der Waals surface area contributed by atoms with Crippen molar-refractivity contribution in [1.29, 1.82) is 0 Å². The van der Waals surface area contributed by atoms with Crippen LogP contribution in [0, 0.1) is 0 Å². The molecule has 0 radical (unpaired) electrons. The molecule has 28 heavy (non-hydrogen) atoms. The van der Waals surface area contributed by atoms with Gasteiger partial charge in [0.2, 0.25) is 0 Å². The van der Waals surface area contributed by atoms with Crippen LogP contribution in [0.5, 0.6) is 0 Å². The maximum absolute atomic E-state index is 11.6. The molecule has 0 aliphatic heterocycles. The van der Waals surface area contributed by atoms with Gasteiger partial charge in [-0.1, -0.05) is 34.7 Å². The van der Waals surface area contributed by atoms with E-state index < -0.39 is 0 Å². The molecule has 0 spiro atoms. The minimum atomic E-state index is -0.0526. The number of hydrogen-bond acceptors (Lipinski definition) is 6. The third kappa shape index (κ3) is 6.08. The second-order valence-electron chi connectivity index (χ2n) is 6.29. The lowest BCUT2D eigenvalue weighted by molar-refractivity contribution is 0.100. The van der Waals surface area contributed by atoms with Gasteiger partial charge in [0.1, 0.15) is 0 Å². The van der Waals surface area contributed by atoms with Crippen LogP contribution in [0.3, 0.4) is 0 Å². The largest absolute Gasteiger partial charge is 0.294 e. The fourth-order valence-electron chi connectivity index (χ4n) is 2.35. The molecule has 0 N–H and O–H groups in total. The molecule has 8 nitrogen and oxygen atoms in total. The van der Waals surface area contributed by atoms with Gasteiger partial charge in [-0.2, -0.15) is 0 Å². The van der Waals surface area contributed by atoms with Crippen LogP contribution in [-0.4, -0.2) is 48.8 Å². The molecule has 0 aromatic heterocycles. The van der Waals surface area contributed by atoms with E-state index in [1.807, 2.05) is 12.1 Å². The molecule has 2 aromatic carbocycles. The molecule has 0 saturated heterocycles. The Labute approximate surface area is 164 Å². The molecule has 2 aromatic rings. The van der Waals surface area contributed by atoms with E-state index in [1.165, 1.54) is 13.8 Å². The van der Waals surface area contributed by atoms with E-state index in [4.69, 9.17) is 0 Å². The van der Waals surface area contributed by atoms with E-state index in [1.54, 1.807) is 60.5 Å². The highest BCUT2D eigenvalue weighted by Gasteiger charge is 2.07. The van der Waals surface area contributed by atoms with Gasteiger partial charge >= 0.3 is 0 Å². The highest BCUT2D eigenvalue weighted by Crippen LogP contribution is 2.20. The van der Waals surface area contributed by atoms with E-state index in [9.17, 15) is 9.59 Å². The highest BCUT2D eigenvalue weighted by molar-refractivity contribution is 5.99. The minimum Gasteiger partial charge on any atom is -0.294 e. The summed E-state index contributed by atoms with van der Waals surface area (Å²) in [6.07, 6.45) is 0. The summed E-state index contributed by atoms with van der Waals surface area (Å²) in [6.45, 7) is 4.11. The average Bonchev–Trinajstić information content (AvgIpc) is 2.69. The first-order chi connectivity index (χ1) is 13.4. The summed E-state index contributed by atoms with van der Waals surface area (Å²) in [5.74, 6) is -0.105. The quantitative estimate of drug-likeness (QED) is 0.360. The van der Waals surface area contributed by atoms with Crippen LogP contribution in [-0.2, 0) is 0 Å². The number of nitrogens with zero attached hydrogens (tertiary/aromatic N) is 6. The summed E-state index contributed by atoms with van der Waals surface area (Å²) in [5, 5.41) is 19.9. The number of carbonyl (C=O) groups is 2. The van der Waals surface area contributed by atoms with Gasteiger partial charge in [0.25, 0.3) is 0 Å². The van der Waals surface area contributed by atoms with E-state index >= 15 is 0 Å². The number of Topliss-reactive ketones (excluding diaryl/α,β-unsaturated/α-hetero) is 2. The van der Waals surface area contributed by atoms with Gasteiger partial charge in [0.15, 0.2) is 11.6 Å². The maximum atomic E-state index is 11.6. The van der Waals surface area contributed by atoms with Crippen molar-refractivity contribution in [3.05, 3.63) is 59.7 Å². The first-order valence-corrected chi connectivity index (χ1v) is 8.84. The number of ketones is 2. The summed E-state index contributed by atoms with van der Waals surface area (Å²) in [4.78, 5) is 23.2. The number of rotatable bonds is 9. The second-order valence-corrected chi connectivity index (χ2v) is 6.29. The molecule has 0 aliphatic rings. The van der Waals surface area contributed by atoms with E-state index in [2.05, 4.69) is 20.7 Å². The van der Waals surface area contributed by atoms with Gasteiger partial charge in [0, 0.05) is 25.2 Å². The predicted molar refractivity (Wildman–Crippen MR) is 107 cm³/mol. The lowest BCUT2D eigenvalue weighted by Crippen LogP contribution is -2.24. The molecule has 0 saturated carbocycles. The van der Waals surface area contributed by atoms with Crippen molar-refractivity contribution in [1.82, 2.24) is 10.0 Å². The monoisotopic (exact) mass is 380 g/mol. The molecule has 8 heteroatoms. The number of likely N-dealkylation sites (N-methyl/N-ethyl adjacent to an activating group) is 2. The zero-order valence-corrected chi connectivity index (χ0v) is 16.5. The van der Waals surface area contributed by atoms with Crippen LogP contribution in [0.4, 0.5) is 11.4 Å². The molecule has 0 unspecified atom stereocenters. The number of benzene rings is 2. The Balaban J connectivity index is 1.92. The topological polar surface area (TPSA) is 90.1 Å². The van der Waals surface area contributed by atoms with Crippen LogP contribution >= 0.6 is 0 Å². The summed E-state index contributed by atoms with van der Waals surface area (Å²) >= 11 is 0. The molecule has 0 amide bonds. The van der Waals surface area contributed by atoms with Gasteiger partial charge in [-0.3, -0.25) is 19.6 Å². The Hall–Kier alpha value is -3.42. The fourth-order valence-corrected chi connectivity index (χ4v) is 2.35. The Morgan fingerprint density at radius 3 is 1.43 bits per heavy atom. The van der Waals surface area contributed by atoms with Crippen LogP contribution in [0.2, 0.25) is 0 Å².